The predicted molar refractivity (Wildman–Crippen MR) is 93.7 cm³/mol. The highest BCUT2D eigenvalue weighted by atomic mass is 35.5. The molecule has 2 N–H and O–H groups in total. The van der Waals surface area contributed by atoms with Gasteiger partial charge in [0.15, 0.2) is 0 Å². The molecule has 0 aliphatic rings. The zero-order valence-electron chi connectivity index (χ0n) is 13.4. The molecule has 1 aromatic heterocycles. The van der Waals surface area contributed by atoms with Gasteiger partial charge in [0.2, 0.25) is 15.8 Å². The minimum Gasteiger partial charge on any atom is -0.350 e. The number of aromatic nitrogens is 1. The number of primary sulfonamides is 1. The number of benzene rings is 2. The van der Waals surface area contributed by atoms with Gasteiger partial charge in [0, 0.05) is 5.56 Å². The Morgan fingerprint density at radius 3 is 2.18 bits per heavy atom. The minimum absolute atomic E-state index is 0.0532. The van der Waals surface area contributed by atoms with Crippen molar-refractivity contribution in [3.05, 3.63) is 58.0 Å². The third-order valence-corrected chi connectivity index (χ3v) is 5.35. The fourth-order valence-corrected chi connectivity index (χ4v) is 3.37. The number of nitrogens with zero attached hydrogens (tertiary/aromatic N) is 1. The third kappa shape index (κ3) is 3.86. The molecule has 5 nitrogen and oxygen atoms in total. The number of nitrogens with two attached hydrogens (primary N) is 1. The highest BCUT2D eigenvalue weighted by molar-refractivity contribution is 7.89. The van der Waals surface area contributed by atoms with Crippen molar-refractivity contribution in [2.24, 2.45) is 5.14 Å². The molecule has 0 saturated heterocycles. The van der Waals surface area contributed by atoms with Gasteiger partial charge >= 0.3 is 6.18 Å². The van der Waals surface area contributed by atoms with Gasteiger partial charge in [0.25, 0.3) is 0 Å². The number of hydrogen-bond donors (Lipinski definition) is 1. The summed E-state index contributed by atoms with van der Waals surface area (Å²) in [5.74, 6) is -2.81. The van der Waals surface area contributed by atoms with E-state index in [1.54, 1.807) is 0 Å². The van der Waals surface area contributed by atoms with Crippen LogP contribution < -0.4 is 5.14 Å². The fraction of sp³-hybridized carbons (Fsp3) is 0.0625. The molecule has 0 spiro atoms. The van der Waals surface area contributed by atoms with Crippen molar-refractivity contribution >= 4 is 33.2 Å². The van der Waals surface area contributed by atoms with Gasteiger partial charge in [-0.2, -0.15) is 13.2 Å². The molecule has 0 radical (unpaired) electrons. The van der Waals surface area contributed by atoms with E-state index < -0.39 is 38.2 Å². The van der Waals surface area contributed by atoms with E-state index in [-0.39, 0.29) is 26.9 Å². The van der Waals surface area contributed by atoms with E-state index in [0.717, 1.165) is 12.1 Å². The van der Waals surface area contributed by atoms with E-state index >= 15 is 0 Å². The van der Waals surface area contributed by atoms with Crippen LogP contribution in [0.15, 0.2) is 45.8 Å². The van der Waals surface area contributed by atoms with Gasteiger partial charge in [-0.05, 0) is 29.8 Å². The van der Waals surface area contributed by atoms with Crippen LogP contribution in [0.3, 0.4) is 0 Å². The van der Waals surface area contributed by atoms with E-state index in [4.69, 9.17) is 28.3 Å². The molecule has 1 heterocycles. The Bertz CT molecular complexity index is 1180. The van der Waals surface area contributed by atoms with Crippen molar-refractivity contribution in [2.75, 3.05) is 0 Å². The second-order valence-corrected chi connectivity index (χ2v) is 7.90. The fourth-order valence-electron chi connectivity index (χ4n) is 2.48. The van der Waals surface area contributed by atoms with Gasteiger partial charge in [-0.15, -0.1) is 0 Å². The number of sulfonamides is 1. The first-order valence-electron chi connectivity index (χ1n) is 7.24. The van der Waals surface area contributed by atoms with E-state index in [1.807, 2.05) is 0 Å². The second-order valence-electron chi connectivity index (χ2n) is 5.55. The van der Waals surface area contributed by atoms with E-state index in [1.165, 1.54) is 18.2 Å². The van der Waals surface area contributed by atoms with Crippen LogP contribution in [0.1, 0.15) is 5.76 Å². The van der Waals surface area contributed by atoms with Crippen molar-refractivity contribution in [2.45, 2.75) is 11.1 Å². The average Bonchev–Trinajstić information content (AvgIpc) is 3.01. The maximum atomic E-state index is 14.2. The predicted octanol–water partition coefficient (Wildman–Crippen LogP) is 5.12. The van der Waals surface area contributed by atoms with Crippen molar-refractivity contribution in [1.29, 1.82) is 0 Å². The lowest BCUT2D eigenvalue weighted by atomic mass is 9.99. The summed E-state index contributed by atoms with van der Waals surface area (Å²) in [6.07, 6.45) is -4.95. The van der Waals surface area contributed by atoms with Crippen molar-refractivity contribution in [1.82, 2.24) is 5.16 Å². The molecular formula is C16H8Cl2F4N2O3S. The van der Waals surface area contributed by atoms with Crippen LogP contribution in [-0.4, -0.2) is 13.6 Å². The molecule has 0 atom stereocenters. The molecule has 3 aromatic rings. The summed E-state index contributed by atoms with van der Waals surface area (Å²) in [6.45, 7) is 0. The highest BCUT2D eigenvalue weighted by Gasteiger charge is 2.41. The van der Waals surface area contributed by atoms with Gasteiger partial charge in [0.05, 0.1) is 15.6 Å². The molecule has 0 unspecified atom stereocenters. The van der Waals surface area contributed by atoms with Crippen LogP contribution >= 0.6 is 23.2 Å². The summed E-state index contributed by atoms with van der Waals surface area (Å²) in [4.78, 5) is -0.864. The maximum absolute atomic E-state index is 14.2. The lowest BCUT2D eigenvalue weighted by molar-refractivity contribution is -0.154. The van der Waals surface area contributed by atoms with Gasteiger partial charge in [-0.1, -0.05) is 40.5 Å². The number of hydrogen-bond acceptors (Lipinski definition) is 4. The summed E-state index contributed by atoms with van der Waals surface area (Å²) < 4.78 is 81.5. The summed E-state index contributed by atoms with van der Waals surface area (Å²) in [5, 5.41) is 8.53. The first-order chi connectivity index (χ1) is 12.9. The van der Waals surface area contributed by atoms with E-state index in [9.17, 15) is 26.0 Å². The second kappa shape index (κ2) is 7.03. The average molecular weight is 455 g/mol. The normalized spacial score (nSPS) is 12.4. The molecule has 0 saturated carbocycles. The Hall–Kier alpha value is -2.14. The highest BCUT2D eigenvalue weighted by Crippen LogP contribution is 2.43. The van der Waals surface area contributed by atoms with Crippen LogP contribution in [0.4, 0.5) is 17.6 Å². The summed E-state index contributed by atoms with van der Waals surface area (Å²) in [6, 6.07) is 6.28. The SMILES string of the molecule is NS(=O)(=O)c1ccc(-c2c(-c3ccc(Cl)c(Cl)c3)noc2C(F)(F)F)cc1F. The molecular weight excluding hydrogens is 447 g/mol. The maximum Gasteiger partial charge on any atom is 0.453 e. The standard InChI is InChI=1S/C16H8Cl2F4N2O3S/c17-9-3-1-8(5-10(9)18)14-13(15(27-24-14)16(20,21)22)7-2-4-12(11(19)6-7)28(23,25)26/h1-6H,(H2,23,25,26). The summed E-state index contributed by atoms with van der Waals surface area (Å²) in [5.41, 5.74) is -1.07. The Labute approximate surface area is 165 Å². The van der Waals surface area contributed by atoms with Gasteiger partial charge in [-0.3, -0.25) is 0 Å². The zero-order valence-corrected chi connectivity index (χ0v) is 15.7. The lowest BCUT2D eigenvalue weighted by Crippen LogP contribution is -2.14. The largest absolute Gasteiger partial charge is 0.453 e. The molecule has 0 fully saturated rings. The van der Waals surface area contributed by atoms with E-state index in [2.05, 4.69) is 9.68 Å². The first-order valence-corrected chi connectivity index (χ1v) is 9.55. The minimum atomic E-state index is -4.95. The van der Waals surface area contributed by atoms with Gasteiger partial charge in [0.1, 0.15) is 16.4 Å². The smallest absolute Gasteiger partial charge is 0.350 e. The van der Waals surface area contributed by atoms with Crippen LogP contribution in [-0.2, 0) is 16.2 Å². The van der Waals surface area contributed by atoms with Crippen LogP contribution in [0.5, 0.6) is 0 Å². The monoisotopic (exact) mass is 454 g/mol. The Kier molecular flexibility index (Phi) is 5.17. The van der Waals surface area contributed by atoms with E-state index in [0.29, 0.717) is 6.07 Å². The van der Waals surface area contributed by atoms with Crippen LogP contribution in [0, 0.1) is 5.82 Å². The topological polar surface area (TPSA) is 86.2 Å². The molecule has 28 heavy (non-hydrogen) atoms. The van der Waals surface area contributed by atoms with Gasteiger partial charge in [-0.25, -0.2) is 17.9 Å². The molecule has 12 heteroatoms. The molecule has 3 rings (SSSR count). The van der Waals surface area contributed by atoms with Crippen LogP contribution in [0.25, 0.3) is 22.4 Å². The number of rotatable bonds is 3. The van der Waals surface area contributed by atoms with Crippen molar-refractivity contribution < 1.29 is 30.5 Å². The third-order valence-electron chi connectivity index (χ3n) is 3.67. The van der Waals surface area contributed by atoms with Crippen molar-refractivity contribution in [3.63, 3.8) is 0 Å². The number of alkyl halides is 3. The first kappa shape index (κ1) is 20.6. The van der Waals surface area contributed by atoms with Crippen LogP contribution in [0.2, 0.25) is 10.0 Å². The molecule has 0 aliphatic heterocycles. The Balaban J connectivity index is 2.28. The molecule has 148 valence electrons. The van der Waals surface area contributed by atoms with Crippen molar-refractivity contribution in [3.8, 4) is 22.4 Å². The summed E-state index contributed by atoms with van der Waals surface area (Å²) in [7, 11) is -4.40. The number of halogens is 6. The summed E-state index contributed by atoms with van der Waals surface area (Å²) >= 11 is 11.7. The lowest BCUT2D eigenvalue weighted by Gasteiger charge is -2.09. The van der Waals surface area contributed by atoms with Gasteiger partial charge < -0.3 is 4.52 Å². The molecule has 0 bridgehead atoms. The zero-order chi connectivity index (χ0) is 20.9. The quantitative estimate of drug-likeness (QED) is 0.556. The Morgan fingerprint density at radius 2 is 1.64 bits per heavy atom. The molecule has 0 aliphatic carbocycles. The Morgan fingerprint density at radius 1 is 1.00 bits per heavy atom. The molecule has 2 aromatic carbocycles. The molecule has 0 amide bonds.